The Morgan fingerprint density at radius 3 is 2.43 bits per heavy atom. The molecule has 2 unspecified atom stereocenters. The first-order valence-electron chi connectivity index (χ1n) is 7.03. The zero-order chi connectivity index (χ0) is 15.6. The van der Waals surface area contributed by atoms with Gasteiger partial charge in [-0.05, 0) is 36.5 Å². The molecule has 2 rings (SSSR count). The van der Waals surface area contributed by atoms with E-state index in [0.29, 0.717) is 42.0 Å². The van der Waals surface area contributed by atoms with Gasteiger partial charge in [0.1, 0.15) is 5.75 Å². The third-order valence-corrected chi connectivity index (χ3v) is 5.12. The Bertz CT molecular complexity index is 593. The first-order chi connectivity index (χ1) is 9.81. The van der Waals surface area contributed by atoms with Crippen molar-refractivity contribution in [3.8, 4) is 5.75 Å². The molecule has 0 spiro atoms. The minimum atomic E-state index is -3.55. The van der Waals surface area contributed by atoms with Crippen molar-refractivity contribution >= 4 is 21.6 Å². The number of anilines is 2. The molecule has 1 fully saturated rings. The normalized spacial score (nSPS) is 23.8. The average molecular weight is 313 g/mol. The number of hydrogen-bond acceptors (Lipinski definition) is 4. The maximum Gasteiger partial charge on any atom is 0.301 e. The Morgan fingerprint density at radius 2 is 1.90 bits per heavy atom. The molecule has 1 aromatic rings. The summed E-state index contributed by atoms with van der Waals surface area (Å²) in [4.78, 5) is 0. The van der Waals surface area contributed by atoms with Gasteiger partial charge in [-0.2, -0.15) is 12.7 Å². The molecule has 1 heterocycles. The number of rotatable bonds is 4. The Balaban J connectivity index is 2.15. The standard InChI is InChI=1S/C14H23N3O3S/c1-10-6-11(2)9-17(8-10)21(18,19)16-12-4-5-14(20-3)13(15)7-12/h4-5,7,10-11,16H,6,8-9,15H2,1-3H3. The fraction of sp³-hybridized carbons (Fsp3) is 0.571. The highest BCUT2D eigenvalue weighted by Gasteiger charge is 2.30. The van der Waals surface area contributed by atoms with Crippen molar-refractivity contribution in [3.05, 3.63) is 18.2 Å². The summed E-state index contributed by atoms with van der Waals surface area (Å²) in [6.07, 6.45) is 1.06. The predicted molar refractivity (Wildman–Crippen MR) is 84.5 cm³/mol. The average Bonchev–Trinajstić information content (AvgIpc) is 2.37. The van der Waals surface area contributed by atoms with Crippen LogP contribution in [0.25, 0.3) is 0 Å². The highest BCUT2D eigenvalue weighted by atomic mass is 32.2. The van der Waals surface area contributed by atoms with Crippen molar-refractivity contribution in [3.63, 3.8) is 0 Å². The van der Waals surface area contributed by atoms with Crippen LogP contribution in [-0.4, -0.2) is 32.9 Å². The molecule has 1 saturated heterocycles. The van der Waals surface area contributed by atoms with Gasteiger partial charge in [0, 0.05) is 13.1 Å². The smallest absolute Gasteiger partial charge is 0.301 e. The second kappa shape index (κ2) is 6.11. The van der Waals surface area contributed by atoms with E-state index in [9.17, 15) is 8.42 Å². The second-order valence-corrected chi connectivity index (χ2v) is 7.50. The van der Waals surface area contributed by atoms with Crippen LogP contribution in [0.4, 0.5) is 11.4 Å². The predicted octanol–water partition coefficient (Wildman–Crippen LogP) is 1.91. The molecule has 0 aliphatic carbocycles. The lowest BCUT2D eigenvalue weighted by atomic mass is 9.94. The van der Waals surface area contributed by atoms with Crippen LogP contribution in [0.15, 0.2) is 18.2 Å². The van der Waals surface area contributed by atoms with Gasteiger partial charge >= 0.3 is 10.2 Å². The first-order valence-corrected chi connectivity index (χ1v) is 8.47. The van der Waals surface area contributed by atoms with E-state index in [1.54, 1.807) is 18.2 Å². The van der Waals surface area contributed by atoms with Crippen LogP contribution in [0.3, 0.4) is 0 Å². The molecule has 118 valence electrons. The topological polar surface area (TPSA) is 84.7 Å². The van der Waals surface area contributed by atoms with Crippen molar-refractivity contribution in [1.82, 2.24) is 4.31 Å². The van der Waals surface area contributed by atoms with Gasteiger partial charge in [-0.1, -0.05) is 13.8 Å². The van der Waals surface area contributed by atoms with E-state index in [0.717, 1.165) is 6.42 Å². The molecule has 7 heteroatoms. The number of piperidine rings is 1. The van der Waals surface area contributed by atoms with Crippen LogP contribution in [0.5, 0.6) is 5.75 Å². The monoisotopic (exact) mass is 313 g/mol. The molecule has 1 aromatic carbocycles. The molecule has 1 aliphatic heterocycles. The van der Waals surface area contributed by atoms with Crippen LogP contribution in [0.1, 0.15) is 20.3 Å². The highest BCUT2D eigenvalue weighted by Crippen LogP contribution is 2.27. The van der Waals surface area contributed by atoms with Crippen molar-refractivity contribution in [1.29, 1.82) is 0 Å². The molecular formula is C14H23N3O3S. The molecule has 1 aliphatic rings. The zero-order valence-electron chi connectivity index (χ0n) is 12.7. The Labute approximate surface area is 126 Å². The van der Waals surface area contributed by atoms with E-state index in [-0.39, 0.29) is 0 Å². The van der Waals surface area contributed by atoms with E-state index < -0.39 is 10.2 Å². The summed E-state index contributed by atoms with van der Waals surface area (Å²) >= 11 is 0. The molecule has 6 nitrogen and oxygen atoms in total. The van der Waals surface area contributed by atoms with Crippen LogP contribution < -0.4 is 15.2 Å². The summed E-state index contributed by atoms with van der Waals surface area (Å²) in [6.45, 7) is 5.24. The fourth-order valence-corrected chi connectivity index (χ4v) is 4.27. The molecule has 0 saturated carbocycles. The molecule has 0 radical (unpaired) electrons. The number of ether oxygens (including phenoxy) is 1. The van der Waals surface area contributed by atoms with Crippen LogP contribution >= 0.6 is 0 Å². The largest absolute Gasteiger partial charge is 0.495 e. The summed E-state index contributed by atoms with van der Waals surface area (Å²) in [5.74, 6) is 1.26. The summed E-state index contributed by atoms with van der Waals surface area (Å²) in [7, 11) is -2.03. The van der Waals surface area contributed by atoms with Gasteiger partial charge in [-0.15, -0.1) is 0 Å². The number of nitrogens with two attached hydrogens (primary N) is 1. The maximum atomic E-state index is 12.5. The molecule has 3 N–H and O–H groups in total. The molecule has 0 amide bonds. The molecule has 0 aromatic heterocycles. The third-order valence-electron chi connectivity index (χ3n) is 3.65. The van der Waals surface area contributed by atoms with Gasteiger partial charge in [0.05, 0.1) is 18.5 Å². The molecule has 0 bridgehead atoms. The first kappa shape index (κ1) is 15.9. The van der Waals surface area contributed by atoms with E-state index >= 15 is 0 Å². The van der Waals surface area contributed by atoms with E-state index in [2.05, 4.69) is 18.6 Å². The Morgan fingerprint density at radius 1 is 1.29 bits per heavy atom. The van der Waals surface area contributed by atoms with Crippen molar-refractivity contribution in [2.24, 2.45) is 11.8 Å². The number of nitrogens with one attached hydrogen (secondary N) is 1. The van der Waals surface area contributed by atoms with Gasteiger partial charge in [-0.25, -0.2) is 0 Å². The third kappa shape index (κ3) is 3.79. The minimum Gasteiger partial charge on any atom is -0.495 e. The van der Waals surface area contributed by atoms with Gasteiger partial charge in [-0.3, -0.25) is 4.72 Å². The van der Waals surface area contributed by atoms with E-state index in [4.69, 9.17) is 10.5 Å². The number of methoxy groups -OCH3 is 1. The van der Waals surface area contributed by atoms with Crippen LogP contribution in [-0.2, 0) is 10.2 Å². The van der Waals surface area contributed by atoms with Gasteiger partial charge in [0.15, 0.2) is 0 Å². The summed E-state index contributed by atoms with van der Waals surface area (Å²) in [6, 6.07) is 4.85. The molecule has 2 atom stereocenters. The number of hydrogen-bond donors (Lipinski definition) is 2. The zero-order valence-corrected chi connectivity index (χ0v) is 13.5. The van der Waals surface area contributed by atoms with E-state index in [1.807, 2.05) is 0 Å². The summed E-state index contributed by atoms with van der Waals surface area (Å²) in [5, 5.41) is 0. The Hall–Kier alpha value is -1.47. The summed E-state index contributed by atoms with van der Waals surface area (Å²) in [5.41, 5.74) is 6.64. The summed E-state index contributed by atoms with van der Waals surface area (Å²) < 4.78 is 34.1. The number of nitrogens with zero attached hydrogens (tertiary/aromatic N) is 1. The highest BCUT2D eigenvalue weighted by molar-refractivity contribution is 7.90. The lowest BCUT2D eigenvalue weighted by Gasteiger charge is -2.34. The van der Waals surface area contributed by atoms with Gasteiger partial charge < -0.3 is 10.5 Å². The molecule has 21 heavy (non-hydrogen) atoms. The SMILES string of the molecule is COc1ccc(NS(=O)(=O)N2CC(C)CC(C)C2)cc1N. The second-order valence-electron chi connectivity index (χ2n) is 5.83. The maximum absolute atomic E-state index is 12.5. The van der Waals surface area contributed by atoms with Crippen molar-refractivity contribution in [2.45, 2.75) is 20.3 Å². The van der Waals surface area contributed by atoms with Crippen LogP contribution in [0, 0.1) is 11.8 Å². The Kier molecular flexibility index (Phi) is 4.63. The lowest BCUT2D eigenvalue weighted by molar-refractivity contribution is 0.223. The quantitative estimate of drug-likeness (QED) is 0.832. The number of benzene rings is 1. The fourth-order valence-electron chi connectivity index (χ4n) is 2.81. The van der Waals surface area contributed by atoms with Crippen LogP contribution in [0.2, 0.25) is 0 Å². The lowest BCUT2D eigenvalue weighted by Crippen LogP contribution is -2.45. The van der Waals surface area contributed by atoms with Gasteiger partial charge in [0.2, 0.25) is 0 Å². The van der Waals surface area contributed by atoms with Crippen molar-refractivity contribution in [2.75, 3.05) is 30.7 Å². The van der Waals surface area contributed by atoms with Crippen molar-refractivity contribution < 1.29 is 13.2 Å². The number of nitrogen functional groups attached to an aromatic ring is 1. The molecular weight excluding hydrogens is 290 g/mol. The minimum absolute atomic E-state index is 0.367. The van der Waals surface area contributed by atoms with Gasteiger partial charge in [0.25, 0.3) is 0 Å². The van der Waals surface area contributed by atoms with E-state index in [1.165, 1.54) is 11.4 Å².